The van der Waals surface area contributed by atoms with Gasteiger partial charge in [0.05, 0.1) is 12.2 Å². The Labute approximate surface area is 177 Å². The minimum absolute atomic E-state index is 0.259. The number of halogens is 1. The molecule has 1 fully saturated rings. The van der Waals surface area contributed by atoms with Crippen molar-refractivity contribution in [1.82, 2.24) is 4.57 Å². The van der Waals surface area contributed by atoms with Crippen LogP contribution in [-0.2, 0) is 17.7 Å². The van der Waals surface area contributed by atoms with Gasteiger partial charge in [-0.3, -0.25) is 0 Å². The standard InChI is InChI=1S/C26H30FNO2/c1-3-30-26(29)21-14-13-20(24(27)16-21)15-23-18(2)28(17-19-9-5-4-6-10-19)25-12-8-7-11-22(23)25/h7-8,11-14,16,19H,3-6,9-10,15,17H2,1-2H3. The van der Waals surface area contributed by atoms with Crippen LogP contribution in [0.1, 0.15) is 66.2 Å². The Morgan fingerprint density at radius 2 is 1.90 bits per heavy atom. The first-order chi connectivity index (χ1) is 14.6. The van der Waals surface area contributed by atoms with Gasteiger partial charge in [-0.15, -0.1) is 0 Å². The molecule has 158 valence electrons. The Balaban J connectivity index is 1.66. The van der Waals surface area contributed by atoms with Crippen molar-refractivity contribution >= 4 is 16.9 Å². The van der Waals surface area contributed by atoms with Gasteiger partial charge in [0.25, 0.3) is 0 Å². The van der Waals surface area contributed by atoms with Gasteiger partial charge >= 0.3 is 5.97 Å². The second-order valence-electron chi connectivity index (χ2n) is 8.40. The number of rotatable bonds is 6. The molecule has 1 aromatic heterocycles. The summed E-state index contributed by atoms with van der Waals surface area (Å²) in [5.74, 6) is -0.117. The number of carbonyl (C=O) groups is 1. The quantitative estimate of drug-likeness (QED) is 0.441. The van der Waals surface area contributed by atoms with Gasteiger partial charge in [-0.25, -0.2) is 9.18 Å². The van der Waals surface area contributed by atoms with Gasteiger partial charge in [0.1, 0.15) is 5.82 Å². The van der Waals surface area contributed by atoms with Crippen molar-refractivity contribution in [3.05, 3.63) is 70.7 Å². The minimum atomic E-state index is -0.483. The highest BCUT2D eigenvalue weighted by atomic mass is 19.1. The van der Waals surface area contributed by atoms with Crippen LogP contribution in [0.2, 0.25) is 0 Å². The van der Waals surface area contributed by atoms with Gasteiger partial charge in [-0.1, -0.05) is 43.5 Å². The molecule has 3 aromatic rings. The van der Waals surface area contributed by atoms with E-state index in [0.717, 1.165) is 12.5 Å². The van der Waals surface area contributed by atoms with E-state index in [1.54, 1.807) is 19.1 Å². The predicted molar refractivity (Wildman–Crippen MR) is 118 cm³/mol. The van der Waals surface area contributed by atoms with Crippen molar-refractivity contribution in [2.24, 2.45) is 5.92 Å². The highest BCUT2D eigenvalue weighted by Crippen LogP contribution is 2.32. The zero-order chi connectivity index (χ0) is 21.1. The highest BCUT2D eigenvalue weighted by molar-refractivity contribution is 5.89. The summed E-state index contributed by atoms with van der Waals surface area (Å²) in [5, 5.41) is 1.19. The molecule has 0 atom stereocenters. The number of fused-ring (bicyclic) bond motifs is 1. The Bertz CT molecular complexity index is 1050. The maximum Gasteiger partial charge on any atom is 0.338 e. The van der Waals surface area contributed by atoms with Crippen LogP contribution in [0.5, 0.6) is 0 Å². The first-order valence-electron chi connectivity index (χ1n) is 11.1. The third kappa shape index (κ3) is 4.14. The molecule has 0 aliphatic heterocycles. The van der Waals surface area contributed by atoms with E-state index in [-0.39, 0.29) is 18.0 Å². The predicted octanol–water partition coefficient (Wildman–Crippen LogP) is 6.44. The molecule has 4 rings (SSSR count). The van der Waals surface area contributed by atoms with E-state index in [1.807, 2.05) is 0 Å². The van der Waals surface area contributed by atoms with Crippen molar-refractivity contribution in [2.75, 3.05) is 6.61 Å². The second-order valence-corrected chi connectivity index (χ2v) is 8.40. The van der Waals surface area contributed by atoms with Crippen molar-refractivity contribution in [3.63, 3.8) is 0 Å². The molecule has 1 aliphatic carbocycles. The molecule has 0 radical (unpaired) electrons. The van der Waals surface area contributed by atoms with E-state index < -0.39 is 5.97 Å². The molecule has 4 heteroatoms. The fraction of sp³-hybridized carbons (Fsp3) is 0.423. The van der Waals surface area contributed by atoms with E-state index >= 15 is 0 Å². The summed E-state index contributed by atoms with van der Waals surface area (Å²) in [6, 6.07) is 13.1. The molecule has 0 unspecified atom stereocenters. The number of para-hydroxylation sites is 1. The molecular formula is C26H30FNO2. The normalized spacial score (nSPS) is 14.9. The molecule has 3 nitrogen and oxygen atoms in total. The Kier molecular flexibility index (Phi) is 6.21. The number of hydrogen-bond acceptors (Lipinski definition) is 2. The van der Waals surface area contributed by atoms with Crippen LogP contribution in [0.15, 0.2) is 42.5 Å². The first-order valence-corrected chi connectivity index (χ1v) is 11.1. The number of aromatic nitrogens is 1. The number of carbonyl (C=O) groups excluding carboxylic acids is 1. The van der Waals surface area contributed by atoms with E-state index in [0.29, 0.717) is 12.0 Å². The van der Waals surface area contributed by atoms with Crippen molar-refractivity contribution < 1.29 is 13.9 Å². The number of hydrogen-bond donors (Lipinski definition) is 0. The molecule has 1 heterocycles. The minimum Gasteiger partial charge on any atom is -0.462 e. The molecule has 0 bridgehead atoms. The Hall–Kier alpha value is -2.62. The zero-order valence-electron chi connectivity index (χ0n) is 17.9. The van der Waals surface area contributed by atoms with E-state index in [9.17, 15) is 9.18 Å². The Morgan fingerprint density at radius 1 is 1.13 bits per heavy atom. The molecule has 2 aromatic carbocycles. The summed E-state index contributed by atoms with van der Waals surface area (Å²) in [7, 11) is 0. The maximum atomic E-state index is 14.8. The van der Waals surface area contributed by atoms with Gasteiger partial charge in [0, 0.05) is 29.6 Å². The number of nitrogens with zero attached hydrogens (tertiary/aromatic N) is 1. The topological polar surface area (TPSA) is 31.2 Å². The number of benzene rings is 2. The average Bonchev–Trinajstić information content (AvgIpc) is 3.02. The lowest BCUT2D eigenvalue weighted by Crippen LogP contribution is -2.15. The van der Waals surface area contributed by atoms with Crippen LogP contribution >= 0.6 is 0 Å². The maximum absolute atomic E-state index is 14.8. The fourth-order valence-electron chi connectivity index (χ4n) is 4.81. The van der Waals surface area contributed by atoms with Gasteiger partial charge in [-0.05, 0) is 61.9 Å². The molecule has 1 saturated carbocycles. The zero-order valence-corrected chi connectivity index (χ0v) is 17.9. The third-order valence-electron chi connectivity index (χ3n) is 6.46. The molecule has 0 amide bonds. The smallest absolute Gasteiger partial charge is 0.338 e. The molecule has 0 N–H and O–H groups in total. The fourth-order valence-corrected chi connectivity index (χ4v) is 4.81. The number of ether oxygens (including phenoxy) is 1. The highest BCUT2D eigenvalue weighted by Gasteiger charge is 2.20. The van der Waals surface area contributed by atoms with Crippen LogP contribution in [0.4, 0.5) is 4.39 Å². The first kappa shape index (κ1) is 20.6. The van der Waals surface area contributed by atoms with Crippen molar-refractivity contribution in [3.8, 4) is 0 Å². The van der Waals surface area contributed by atoms with Gasteiger partial charge in [0.15, 0.2) is 0 Å². The largest absolute Gasteiger partial charge is 0.462 e. The summed E-state index contributed by atoms with van der Waals surface area (Å²) in [6.07, 6.45) is 7.12. The summed E-state index contributed by atoms with van der Waals surface area (Å²) in [4.78, 5) is 11.9. The van der Waals surface area contributed by atoms with Crippen LogP contribution in [0, 0.1) is 18.7 Å². The molecule has 30 heavy (non-hydrogen) atoms. The van der Waals surface area contributed by atoms with Crippen LogP contribution in [-0.4, -0.2) is 17.1 Å². The molecule has 0 spiro atoms. The second kappa shape index (κ2) is 9.03. The lowest BCUT2D eigenvalue weighted by atomic mass is 9.89. The average molecular weight is 408 g/mol. The van der Waals surface area contributed by atoms with Crippen LogP contribution < -0.4 is 0 Å². The molecular weight excluding hydrogens is 377 g/mol. The monoisotopic (exact) mass is 407 g/mol. The van der Waals surface area contributed by atoms with Crippen molar-refractivity contribution in [2.45, 2.75) is 58.9 Å². The third-order valence-corrected chi connectivity index (χ3v) is 6.46. The summed E-state index contributed by atoms with van der Waals surface area (Å²) < 4.78 is 22.3. The summed E-state index contributed by atoms with van der Waals surface area (Å²) >= 11 is 0. The van der Waals surface area contributed by atoms with Gasteiger partial charge in [-0.2, -0.15) is 0 Å². The van der Waals surface area contributed by atoms with Crippen LogP contribution in [0.25, 0.3) is 10.9 Å². The van der Waals surface area contributed by atoms with Gasteiger partial charge in [0.2, 0.25) is 0 Å². The molecule has 1 aliphatic rings. The summed E-state index contributed by atoms with van der Waals surface area (Å²) in [6.45, 7) is 5.22. The van der Waals surface area contributed by atoms with Crippen molar-refractivity contribution in [1.29, 1.82) is 0 Å². The van der Waals surface area contributed by atoms with E-state index in [4.69, 9.17) is 4.74 Å². The Morgan fingerprint density at radius 3 is 2.63 bits per heavy atom. The van der Waals surface area contributed by atoms with Gasteiger partial charge < -0.3 is 9.30 Å². The molecule has 0 saturated heterocycles. The SMILES string of the molecule is CCOC(=O)c1ccc(Cc2c(C)n(CC3CCCCC3)c3ccccc23)c(F)c1. The van der Waals surface area contributed by atoms with E-state index in [2.05, 4.69) is 35.8 Å². The summed E-state index contributed by atoms with van der Waals surface area (Å²) in [5.41, 5.74) is 4.49. The van der Waals surface area contributed by atoms with E-state index in [1.165, 1.54) is 60.3 Å². The van der Waals surface area contributed by atoms with Crippen LogP contribution in [0.3, 0.4) is 0 Å². The lowest BCUT2D eigenvalue weighted by molar-refractivity contribution is 0.0526. The number of esters is 1. The lowest BCUT2D eigenvalue weighted by Gasteiger charge is -2.23.